The van der Waals surface area contributed by atoms with E-state index in [1.807, 2.05) is 18.2 Å². The second kappa shape index (κ2) is 7.41. The summed E-state index contributed by atoms with van der Waals surface area (Å²) in [6.07, 6.45) is 0.841. The molecule has 2 fully saturated rings. The van der Waals surface area contributed by atoms with Gasteiger partial charge < -0.3 is 10.2 Å². The number of alkyl halides is 3. The monoisotopic (exact) mass is 432 g/mol. The lowest BCUT2D eigenvalue weighted by molar-refractivity contribution is -0.126. The zero-order chi connectivity index (χ0) is 20.8. The van der Waals surface area contributed by atoms with Gasteiger partial charge in [0.2, 0.25) is 0 Å². The highest BCUT2D eigenvalue weighted by Crippen LogP contribution is 2.48. The number of nitrogens with one attached hydrogen (secondary N) is 1. The van der Waals surface area contributed by atoms with Crippen molar-refractivity contribution in [2.24, 2.45) is 5.41 Å². The molecule has 3 heterocycles. The molecule has 30 heavy (non-hydrogen) atoms. The quantitative estimate of drug-likeness (QED) is 0.578. The minimum Gasteiger partial charge on any atom is -0.382 e. The first-order valence-electron chi connectivity index (χ1n) is 10.3. The van der Waals surface area contributed by atoms with Crippen LogP contribution in [0.2, 0.25) is 0 Å². The predicted molar refractivity (Wildman–Crippen MR) is 114 cm³/mol. The third-order valence-electron chi connectivity index (χ3n) is 6.32. The topological polar surface area (TPSA) is 41.0 Å². The van der Waals surface area contributed by atoms with E-state index < -0.39 is 12.6 Å². The zero-order valence-electron chi connectivity index (χ0n) is 16.5. The Labute approximate surface area is 177 Å². The number of halogens is 3. The van der Waals surface area contributed by atoms with E-state index in [1.165, 1.54) is 6.33 Å². The fraction of sp³-hybridized carbons (Fsp3) is 0.455. The molecule has 1 aromatic carbocycles. The average molecular weight is 433 g/mol. The largest absolute Gasteiger partial charge is 0.393 e. The molecule has 0 bridgehead atoms. The van der Waals surface area contributed by atoms with Gasteiger partial charge in [-0.25, -0.2) is 9.97 Å². The number of benzene rings is 1. The molecule has 1 aliphatic carbocycles. The first-order valence-corrected chi connectivity index (χ1v) is 11.1. The fourth-order valence-electron chi connectivity index (χ4n) is 5.02. The van der Waals surface area contributed by atoms with Gasteiger partial charge in [0.25, 0.3) is 0 Å². The molecular formula is C22H23F3N4S. The molecule has 158 valence electrons. The number of anilines is 2. The molecule has 2 aromatic heterocycles. The minimum atomic E-state index is -4.21. The van der Waals surface area contributed by atoms with Crippen molar-refractivity contribution in [2.45, 2.75) is 44.3 Å². The summed E-state index contributed by atoms with van der Waals surface area (Å²) in [5, 5.41) is 4.40. The number of hydrogen-bond acceptors (Lipinski definition) is 5. The van der Waals surface area contributed by atoms with Crippen LogP contribution in [-0.2, 0) is 6.42 Å². The third kappa shape index (κ3) is 3.97. The average Bonchev–Trinajstić information content (AvgIpc) is 3.40. The number of hydrogen-bond donors (Lipinski definition) is 1. The van der Waals surface area contributed by atoms with E-state index in [0.29, 0.717) is 15.7 Å². The van der Waals surface area contributed by atoms with Gasteiger partial charge in [-0.2, -0.15) is 13.2 Å². The second-order valence-electron chi connectivity index (χ2n) is 8.54. The van der Waals surface area contributed by atoms with E-state index in [-0.39, 0.29) is 5.41 Å². The van der Waals surface area contributed by atoms with Crippen molar-refractivity contribution in [2.75, 3.05) is 23.3 Å². The molecule has 2 aliphatic rings. The Morgan fingerprint density at radius 1 is 1.17 bits per heavy atom. The molecule has 8 heteroatoms. The summed E-state index contributed by atoms with van der Waals surface area (Å²) in [5.41, 5.74) is 1.40. The van der Waals surface area contributed by atoms with Crippen molar-refractivity contribution >= 4 is 33.1 Å². The number of para-hydroxylation sites is 1. The van der Waals surface area contributed by atoms with Gasteiger partial charge in [-0.1, -0.05) is 18.2 Å². The van der Waals surface area contributed by atoms with Gasteiger partial charge in [0, 0.05) is 29.7 Å². The molecule has 1 aliphatic heterocycles. The van der Waals surface area contributed by atoms with Gasteiger partial charge in [-0.15, -0.1) is 11.3 Å². The Morgan fingerprint density at radius 2 is 2.00 bits per heavy atom. The van der Waals surface area contributed by atoms with Crippen LogP contribution >= 0.6 is 11.3 Å². The van der Waals surface area contributed by atoms with E-state index in [1.54, 1.807) is 6.07 Å². The van der Waals surface area contributed by atoms with Crippen LogP contribution in [0.15, 0.2) is 42.7 Å². The van der Waals surface area contributed by atoms with Gasteiger partial charge in [0.1, 0.15) is 17.0 Å². The zero-order valence-corrected chi connectivity index (χ0v) is 17.3. The van der Waals surface area contributed by atoms with E-state index in [2.05, 4.69) is 32.3 Å². The van der Waals surface area contributed by atoms with Crippen LogP contribution in [0.5, 0.6) is 0 Å². The molecule has 0 unspecified atom stereocenters. The number of nitrogens with zero attached hydrogens (tertiary/aromatic N) is 3. The third-order valence-corrected chi connectivity index (χ3v) is 7.36. The minimum absolute atomic E-state index is 0.245. The van der Waals surface area contributed by atoms with Crippen LogP contribution in [0.25, 0.3) is 10.2 Å². The highest BCUT2D eigenvalue weighted by molar-refractivity contribution is 7.18. The standard InChI is InChI=1S/C22H23F3N4S/c23-22(24,25)12-17-10-18-19(26-14-27-20(18)30-17)29-9-8-21(13-29)7-6-16(11-21)28-15-4-2-1-3-5-15/h1-5,10,14,16,28H,6-9,11-13H2/t16-,21-/m0/s1. The molecule has 0 amide bonds. The Balaban J connectivity index is 1.32. The maximum Gasteiger partial charge on any atom is 0.393 e. The summed E-state index contributed by atoms with van der Waals surface area (Å²) in [5.74, 6) is 0.779. The van der Waals surface area contributed by atoms with Crippen molar-refractivity contribution in [1.82, 2.24) is 9.97 Å². The number of thiophene rings is 1. The van der Waals surface area contributed by atoms with Crippen molar-refractivity contribution in [3.63, 3.8) is 0 Å². The molecular weight excluding hydrogens is 409 g/mol. The molecule has 4 nitrogen and oxygen atoms in total. The lowest BCUT2D eigenvalue weighted by atomic mass is 9.85. The van der Waals surface area contributed by atoms with E-state index in [0.717, 1.165) is 67.0 Å². The van der Waals surface area contributed by atoms with Gasteiger partial charge in [0.15, 0.2) is 0 Å². The summed E-state index contributed by atoms with van der Waals surface area (Å²) in [7, 11) is 0. The maximum absolute atomic E-state index is 12.8. The van der Waals surface area contributed by atoms with Crippen LogP contribution in [0.1, 0.15) is 30.6 Å². The summed E-state index contributed by atoms with van der Waals surface area (Å²) in [6.45, 7) is 1.78. The maximum atomic E-state index is 12.8. The molecule has 5 rings (SSSR count). The van der Waals surface area contributed by atoms with Crippen molar-refractivity contribution in [3.8, 4) is 0 Å². The normalized spacial score (nSPS) is 24.2. The Hall–Kier alpha value is -2.35. The van der Waals surface area contributed by atoms with Crippen LogP contribution in [0, 0.1) is 5.41 Å². The second-order valence-corrected chi connectivity index (χ2v) is 9.66. The van der Waals surface area contributed by atoms with Gasteiger partial charge in [-0.05, 0) is 49.3 Å². The molecule has 2 atom stereocenters. The van der Waals surface area contributed by atoms with E-state index in [4.69, 9.17) is 0 Å². The van der Waals surface area contributed by atoms with Crippen molar-refractivity contribution < 1.29 is 13.2 Å². The van der Waals surface area contributed by atoms with Crippen molar-refractivity contribution in [1.29, 1.82) is 0 Å². The number of rotatable bonds is 4. The molecule has 1 N–H and O–H groups in total. The fourth-order valence-corrected chi connectivity index (χ4v) is 6.04. The summed E-state index contributed by atoms with van der Waals surface area (Å²) in [6, 6.07) is 12.4. The van der Waals surface area contributed by atoms with Crippen LogP contribution in [0.4, 0.5) is 24.7 Å². The van der Waals surface area contributed by atoms with Crippen LogP contribution in [0.3, 0.4) is 0 Å². The van der Waals surface area contributed by atoms with Gasteiger partial charge in [0.05, 0.1) is 11.8 Å². The molecule has 1 saturated heterocycles. The lowest BCUT2D eigenvalue weighted by Gasteiger charge is -2.25. The molecule has 1 spiro atoms. The van der Waals surface area contributed by atoms with Gasteiger partial charge >= 0.3 is 6.18 Å². The smallest absolute Gasteiger partial charge is 0.382 e. The summed E-state index contributed by atoms with van der Waals surface area (Å²) < 4.78 is 38.5. The molecule has 3 aromatic rings. The van der Waals surface area contributed by atoms with Crippen LogP contribution in [-0.4, -0.2) is 35.3 Å². The lowest BCUT2D eigenvalue weighted by Crippen LogP contribution is -2.27. The van der Waals surface area contributed by atoms with Crippen LogP contribution < -0.4 is 10.2 Å². The molecule has 0 radical (unpaired) electrons. The highest BCUT2D eigenvalue weighted by Gasteiger charge is 2.44. The summed E-state index contributed by atoms with van der Waals surface area (Å²) in [4.78, 5) is 11.9. The SMILES string of the molecule is FC(F)(F)Cc1cc2c(N3CC[C@]4(CC[C@H](Nc5ccccc5)C4)C3)ncnc2s1. The Morgan fingerprint density at radius 3 is 2.80 bits per heavy atom. The Kier molecular flexibility index (Phi) is 4.84. The van der Waals surface area contributed by atoms with Gasteiger partial charge in [-0.3, -0.25) is 0 Å². The first-order chi connectivity index (χ1) is 14.4. The number of aromatic nitrogens is 2. The van der Waals surface area contributed by atoms with Crippen molar-refractivity contribution in [3.05, 3.63) is 47.6 Å². The molecule has 1 saturated carbocycles. The predicted octanol–water partition coefficient (Wildman–Crippen LogP) is 5.66. The first kappa shape index (κ1) is 19.6. The summed E-state index contributed by atoms with van der Waals surface area (Å²) >= 11 is 1.11. The van der Waals surface area contributed by atoms with E-state index >= 15 is 0 Å². The van der Waals surface area contributed by atoms with E-state index in [9.17, 15) is 13.2 Å². The number of fused-ring (bicyclic) bond motifs is 1. The highest BCUT2D eigenvalue weighted by atomic mass is 32.1. The Bertz CT molecular complexity index is 1040.